The van der Waals surface area contributed by atoms with Gasteiger partial charge in [-0.05, 0) is 20.3 Å². The summed E-state index contributed by atoms with van der Waals surface area (Å²) in [5.74, 6) is 0. The Bertz CT molecular complexity index is 133. The van der Waals surface area contributed by atoms with Gasteiger partial charge < -0.3 is 0 Å². The molecule has 0 aromatic carbocycles. The molecule has 0 atom stereocenters. The first kappa shape index (κ1) is 7.23. The molecule has 0 rings (SSSR count). The van der Waals surface area contributed by atoms with Crippen molar-refractivity contribution in [2.24, 2.45) is 0 Å². The molecule has 0 radical (unpaired) electrons. The van der Waals surface area contributed by atoms with Crippen molar-refractivity contribution in [2.75, 3.05) is 0 Å². The van der Waals surface area contributed by atoms with Gasteiger partial charge in [0.15, 0.2) is 0 Å². The van der Waals surface area contributed by atoms with E-state index in [1.165, 1.54) is 0 Å². The molecule has 0 unspecified atom stereocenters. The van der Waals surface area contributed by atoms with Gasteiger partial charge in [0, 0.05) is 5.57 Å². The summed E-state index contributed by atoms with van der Waals surface area (Å²) >= 11 is 0. The van der Waals surface area contributed by atoms with E-state index in [1.54, 1.807) is 0 Å². The predicted octanol–water partition coefficient (Wildman–Crippen LogP) is 2.26. The summed E-state index contributed by atoms with van der Waals surface area (Å²) in [6.45, 7) is 5.91. The van der Waals surface area contributed by atoms with Crippen LogP contribution in [-0.4, -0.2) is 0 Å². The van der Waals surface area contributed by atoms with Gasteiger partial charge in [-0.3, -0.25) is 0 Å². The molecule has 0 N–H and O–H groups in total. The molecule has 0 spiro atoms. The fourth-order valence-electron chi connectivity index (χ4n) is 0.544. The van der Waals surface area contributed by atoms with Crippen molar-refractivity contribution >= 4 is 0 Å². The predicted molar refractivity (Wildman–Crippen MR) is 34.3 cm³/mol. The second kappa shape index (κ2) is 3.26. The molecule has 0 saturated carbocycles. The normalized spacial score (nSPS) is 7.75. The van der Waals surface area contributed by atoms with Gasteiger partial charge in [-0.2, -0.15) is 5.26 Å². The first-order valence-electron chi connectivity index (χ1n) is 2.78. The van der Waals surface area contributed by atoms with Crippen molar-refractivity contribution < 1.29 is 0 Å². The van der Waals surface area contributed by atoms with Gasteiger partial charge in [-0.25, -0.2) is 0 Å². The molecule has 0 aromatic heterocycles. The second-order valence-electron chi connectivity index (χ2n) is 1.94. The zero-order valence-electron chi connectivity index (χ0n) is 5.65. The van der Waals surface area contributed by atoms with Crippen molar-refractivity contribution in [3.8, 4) is 6.07 Å². The van der Waals surface area contributed by atoms with Crippen LogP contribution < -0.4 is 0 Å². The minimum absolute atomic E-state index is 0.860. The van der Waals surface area contributed by atoms with Crippen LogP contribution in [-0.2, 0) is 0 Å². The molecular formula is C7H11N. The van der Waals surface area contributed by atoms with Crippen molar-refractivity contribution in [1.82, 2.24) is 0 Å². The van der Waals surface area contributed by atoms with Crippen LogP contribution in [0.15, 0.2) is 11.1 Å². The molecule has 0 heterocycles. The maximum absolute atomic E-state index is 8.39. The first-order valence-corrected chi connectivity index (χ1v) is 2.78. The lowest BCUT2D eigenvalue weighted by molar-refractivity contribution is 1.10. The highest BCUT2D eigenvalue weighted by atomic mass is 14.2. The van der Waals surface area contributed by atoms with Gasteiger partial charge in [0.1, 0.15) is 0 Å². The van der Waals surface area contributed by atoms with Crippen LogP contribution in [0.5, 0.6) is 0 Å². The Morgan fingerprint density at radius 1 is 1.50 bits per heavy atom. The summed E-state index contributed by atoms with van der Waals surface area (Å²) in [6, 6.07) is 2.13. The second-order valence-corrected chi connectivity index (χ2v) is 1.94. The summed E-state index contributed by atoms with van der Waals surface area (Å²) in [5.41, 5.74) is 2.04. The quantitative estimate of drug-likeness (QED) is 0.474. The highest BCUT2D eigenvalue weighted by molar-refractivity contribution is 5.24. The van der Waals surface area contributed by atoms with Gasteiger partial charge in [-0.15, -0.1) is 0 Å². The topological polar surface area (TPSA) is 23.8 Å². The number of hydrogen-bond acceptors (Lipinski definition) is 1. The molecule has 1 heteroatoms. The standard InChI is InChI=1S/C7H11N/c1-4-7(5-8)6(2)3/h4H2,1-3H3. The summed E-state index contributed by atoms with van der Waals surface area (Å²) in [6.07, 6.45) is 0.860. The highest BCUT2D eigenvalue weighted by Gasteiger charge is 1.90. The molecule has 0 aromatic rings. The Morgan fingerprint density at radius 2 is 2.00 bits per heavy atom. The van der Waals surface area contributed by atoms with E-state index in [2.05, 4.69) is 6.07 Å². The molecule has 44 valence electrons. The van der Waals surface area contributed by atoms with Crippen molar-refractivity contribution in [3.63, 3.8) is 0 Å². The molecule has 1 nitrogen and oxygen atoms in total. The van der Waals surface area contributed by atoms with Crippen molar-refractivity contribution in [2.45, 2.75) is 27.2 Å². The summed E-state index contributed by atoms with van der Waals surface area (Å²) in [4.78, 5) is 0. The molecule has 8 heavy (non-hydrogen) atoms. The fraction of sp³-hybridized carbons (Fsp3) is 0.571. The Kier molecular flexibility index (Phi) is 2.95. The minimum Gasteiger partial charge on any atom is -0.193 e. The highest BCUT2D eigenvalue weighted by Crippen LogP contribution is 2.04. The van der Waals surface area contributed by atoms with Crippen LogP contribution in [0.1, 0.15) is 27.2 Å². The van der Waals surface area contributed by atoms with Gasteiger partial charge >= 0.3 is 0 Å². The van der Waals surface area contributed by atoms with Gasteiger partial charge in [0.25, 0.3) is 0 Å². The van der Waals surface area contributed by atoms with E-state index in [4.69, 9.17) is 5.26 Å². The molecule has 0 aliphatic rings. The number of nitriles is 1. The third kappa shape index (κ3) is 1.79. The van der Waals surface area contributed by atoms with Crippen LogP contribution in [0.3, 0.4) is 0 Å². The fourth-order valence-corrected chi connectivity index (χ4v) is 0.544. The van der Waals surface area contributed by atoms with E-state index in [9.17, 15) is 0 Å². The van der Waals surface area contributed by atoms with E-state index in [-0.39, 0.29) is 0 Å². The molecule has 0 fully saturated rings. The average Bonchev–Trinajstić information content (AvgIpc) is 1.69. The molecule has 0 amide bonds. The monoisotopic (exact) mass is 109 g/mol. The zero-order chi connectivity index (χ0) is 6.57. The van der Waals surface area contributed by atoms with E-state index >= 15 is 0 Å². The third-order valence-electron chi connectivity index (χ3n) is 1.09. The SMILES string of the molecule is CCC(C#N)=C(C)C. The molecule has 0 aliphatic carbocycles. The van der Waals surface area contributed by atoms with Gasteiger partial charge in [0.2, 0.25) is 0 Å². The minimum atomic E-state index is 0.860. The van der Waals surface area contributed by atoms with E-state index in [1.807, 2.05) is 20.8 Å². The Morgan fingerprint density at radius 3 is 2.00 bits per heavy atom. The largest absolute Gasteiger partial charge is 0.193 e. The number of hydrogen-bond donors (Lipinski definition) is 0. The maximum atomic E-state index is 8.39. The van der Waals surface area contributed by atoms with Crippen LogP contribution in [0, 0.1) is 11.3 Å². The zero-order valence-corrected chi connectivity index (χ0v) is 5.65. The third-order valence-corrected chi connectivity index (χ3v) is 1.09. The first-order chi connectivity index (χ1) is 3.72. The molecule has 0 aliphatic heterocycles. The number of nitrogens with zero attached hydrogens (tertiary/aromatic N) is 1. The Balaban J connectivity index is 4.15. The van der Waals surface area contributed by atoms with Crippen molar-refractivity contribution in [1.29, 1.82) is 5.26 Å². The molecule has 0 bridgehead atoms. The maximum Gasteiger partial charge on any atom is 0.0946 e. The van der Waals surface area contributed by atoms with Crippen LogP contribution in [0.25, 0.3) is 0 Å². The average molecular weight is 109 g/mol. The summed E-state index contributed by atoms with van der Waals surface area (Å²) in [5, 5.41) is 8.39. The van der Waals surface area contributed by atoms with E-state index in [0.29, 0.717) is 0 Å². The summed E-state index contributed by atoms with van der Waals surface area (Å²) < 4.78 is 0. The van der Waals surface area contributed by atoms with E-state index < -0.39 is 0 Å². The van der Waals surface area contributed by atoms with Crippen LogP contribution in [0.4, 0.5) is 0 Å². The summed E-state index contributed by atoms with van der Waals surface area (Å²) in [7, 11) is 0. The van der Waals surface area contributed by atoms with Gasteiger partial charge in [0.05, 0.1) is 6.07 Å². The number of rotatable bonds is 1. The van der Waals surface area contributed by atoms with Crippen LogP contribution in [0.2, 0.25) is 0 Å². The lowest BCUT2D eigenvalue weighted by Crippen LogP contribution is -1.77. The smallest absolute Gasteiger partial charge is 0.0946 e. The Hall–Kier alpha value is -0.770. The lowest BCUT2D eigenvalue weighted by Gasteiger charge is -1.91. The van der Waals surface area contributed by atoms with Crippen LogP contribution >= 0.6 is 0 Å². The molecule has 0 saturated heterocycles. The lowest BCUT2D eigenvalue weighted by atomic mass is 10.1. The Labute approximate surface area is 50.6 Å². The van der Waals surface area contributed by atoms with E-state index in [0.717, 1.165) is 17.6 Å². The number of allylic oxidation sites excluding steroid dienone is 2. The molecular weight excluding hydrogens is 98.1 g/mol. The van der Waals surface area contributed by atoms with Crippen molar-refractivity contribution in [3.05, 3.63) is 11.1 Å². The van der Waals surface area contributed by atoms with Gasteiger partial charge in [-0.1, -0.05) is 12.5 Å².